The first-order valence-electron chi connectivity index (χ1n) is 9.80. The molecule has 4 rings (SSSR count). The predicted molar refractivity (Wildman–Crippen MR) is 115 cm³/mol. The van der Waals surface area contributed by atoms with Crippen LogP contribution in [0.5, 0.6) is 0 Å². The summed E-state index contributed by atoms with van der Waals surface area (Å²) in [7, 11) is -1.53. The van der Waals surface area contributed by atoms with Crippen LogP contribution >= 0.6 is 0 Å². The highest BCUT2D eigenvalue weighted by Crippen LogP contribution is 2.27. The van der Waals surface area contributed by atoms with Crippen LogP contribution in [0.1, 0.15) is 12.6 Å². The summed E-state index contributed by atoms with van der Waals surface area (Å²) >= 11 is 0. The fourth-order valence-electron chi connectivity index (χ4n) is 3.64. The molecule has 0 bridgehead atoms. The Labute approximate surface area is 175 Å². The Balaban J connectivity index is 1.78. The Hall–Kier alpha value is -2.97. The van der Waals surface area contributed by atoms with Gasteiger partial charge in [-0.1, -0.05) is 13.0 Å². The van der Waals surface area contributed by atoms with Gasteiger partial charge in [0.25, 0.3) is 0 Å². The number of sulfone groups is 1. The molecule has 2 aromatic carbocycles. The van der Waals surface area contributed by atoms with Gasteiger partial charge in [-0.05, 0) is 42.8 Å². The molecule has 0 unspecified atom stereocenters. The molecule has 0 fully saturated rings. The number of aryl methyl sites for hydroxylation is 1. The minimum Gasteiger partial charge on any atom is -0.378 e. The summed E-state index contributed by atoms with van der Waals surface area (Å²) in [6, 6.07) is 15.1. The van der Waals surface area contributed by atoms with E-state index >= 15 is 0 Å². The summed E-state index contributed by atoms with van der Waals surface area (Å²) in [5.74, 6) is 0. The van der Waals surface area contributed by atoms with Gasteiger partial charge in [-0.25, -0.2) is 13.1 Å². The molecule has 0 atom stereocenters. The van der Waals surface area contributed by atoms with E-state index in [1.807, 2.05) is 10.7 Å². The molecule has 1 N–H and O–H groups in total. The maximum absolute atomic E-state index is 11.7. The number of nitrogens with zero attached hydrogens (tertiary/aromatic N) is 3. The highest BCUT2D eigenvalue weighted by Gasteiger charge is 2.19. The van der Waals surface area contributed by atoms with Crippen molar-refractivity contribution in [3.05, 3.63) is 60.4 Å². The van der Waals surface area contributed by atoms with Crippen LogP contribution in [-0.2, 0) is 27.5 Å². The van der Waals surface area contributed by atoms with Gasteiger partial charge in [-0.3, -0.25) is 0 Å². The van der Waals surface area contributed by atoms with Crippen molar-refractivity contribution in [2.45, 2.75) is 24.8 Å². The number of aromatic amines is 1. The number of nitrogens with one attached hydrogen (secondary N) is 1. The van der Waals surface area contributed by atoms with Gasteiger partial charge >= 0.3 is 0 Å². The molecule has 2 aromatic heterocycles. The maximum atomic E-state index is 11.7. The lowest BCUT2D eigenvalue weighted by atomic mass is 10.1. The summed E-state index contributed by atoms with van der Waals surface area (Å²) in [5, 5.41) is 9.13. The molecule has 0 radical (unpaired) electrons. The van der Waals surface area contributed by atoms with Crippen molar-refractivity contribution in [3.63, 3.8) is 0 Å². The molecule has 2 heterocycles. The molecule has 156 valence electrons. The SMILES string of the molecule is CCc1[nH][n+](CCOC)c2cc(-c3ccnn3-c3ccc(S(C)(=O)=O)cc3)ccc12. The summed E-state index contributed by atoms with van der Waals surface area (Å²) in [5.41, 5.74) is 5.07. The van der Waals surface area contributed by atoms with Crippen LogP contribution in [0.15, 0.2) is 59.6 Å². The zero-order chi connectivity index (χ0) is 21.3. The Bertz CT molecular complexity index is 1290. The first kappa shape index (κ1) is 20.3. The molecule has 0 saturated heterocycles. The Morgan fingerprint density at radius 1 is 1.13 bits per heavy atom. The quantitative estimate of drug-likeness (QED) is 0.462. The molecule has 7 nitrogen and oxygen atoms in total. The molecule has 0 saturated carbocycles. The minimum absolute atomic E-state index is 0.292. The summed E-state index contributed by atoms with van der Waals surface area (Å²) < 4.78 is 32.7. The van der Waals surface area contributed by atoms with E-state index in [4.69, 9.17) is 4.74 Å². The van der Waals surface area contributed by atoms with Crippen molar-refractivity contribution in [2.75, 3.05) is 20.0 Å². The largest absolute Gasteiger partial charge is 0.378 e. The molecule has 0 aliphatic carbocycles. The lowest BCUT2D eigenvalue weighted by Crippen LogP contribution is -2.38. The van der Waals surface area contributed by atoms with E-state index in [9.17, 15) is 8.42 Å². The number of rotatable bonds is 7. The number of hydrogen-bond acceptors (Lipinski definition) is 4. The number of benzene rings is 2. The van der Waals surface area contributed by atoms with E-state index in [-0.39, 0.29) is 0 Å². The highest BCUT2D eigenvalue weighted by molar-refractivity contribution is 7.90. The molecule has 0 spiro atoms. The van der Waals surface area contributed by atoms with Gasteiger partial charge in [0.2, 0.25) is 5.52 Å². The van der Waals surface area contributed by atoms with Gasteiger partial charge < -0.3 is 4.74 Å². The van der Waals surface area contributed by atoms with Gasteiger partial charge in [0.15, 0.2) is 16.4 Å². The van der Waals surface area contributed by atoms with Gasteiger partial charge in [-0.15, -0.1) is 4.68 Å². The number of H-pyrrole nitrogens is 1. The van der Waals surface area contributed by atoms with Crippen LogP contribution in [0.2, 0.25) is 0 Å². The second-order valence-electron chi connectivity index (χ2n) is 7.21. The van der Waals surface area contributed by atoms with E-state index in [2.05, 4.69) is 40.0 Å². The lowest BCUT2D eigenvalue weighted by Gasteiger charge is -2.08. The third-order valence-corrected chi connectivity index (χ3v) is 6.33. The predicted octanol–water partition coefficient (Wildman–Crippen LogP) is 2.92. The summed E-state index contributed by atoms with van der Waals surface area (Å²) in [6.45, 7) is 3.50. The van der Waals surface area contributed by atoms with Gasteiger partial charge in [0.05, 0.1) is 33.6 Å². The van der Waals surface area contributed by atoms with Crippen LogP contribution in [0, 0.1) is 0 Å². The zero-order valence-corrected chi connectivity index (χ0v) is 18.1. The van der Waals surface area contributed by atoms with Crippen LogP contribution in [0.3, 0.4) is 0 Å². The van der Waals surface area contributed by atoms with E-state index < -0.39 is 9.84 Å². The first-order chi connectivity index (χ1) is 14.4. The Morgan fingerprint density at radius 3 is 2.57 bits per heavy atom. The monoisotopic (exact) mass is 425 g/mol. The molecule has 0 aliphatic heterocycles. The standard InChI is InChI=1S/C22H24N4O3S/c1-4-20-19-10-5-16(15-22(19)25(24-20)13-14-29-2)21-11-12-23-26(21)17-6-8-18(9-7-17)30(3,27)28/h5-12,15H,4,13-14H2,1-3H3/p+1. The fraction of sp³-hybridized carbons (Fsp3) is 0.273. The van der Waals surface area contributed by atoms with Crippen LogP contribution in [-0.4, -0.2) is 43.3 Å². The number of aromatic nitrogens is 4. The molecule has 0 aliphatic rings. The molecular weight excluding hydrogens is 400 g/mol. The van der Waals surface area contributed by atoms with Crippen molar-refractivity contribution >= 4 is 20.7 Å². The van der Waals surface area contributed by atoms with E-state index in [1.165, 1.54) is 17.3 Å². The van der Waals surface area contributed by atoms with Gasteiger partial charge in [0, 0.05) is 25.0 Å². The molecular formula is C22H25N4O3S+. The van der Waals surface area contributed by atoms with Gasteiger partial charge in [0.1, 0.15) is 6.61 Å². The number of hydrogen-bond donors (Lipinski definition) is 1. The van der Waals surface area contributed by atoms with E-state index in [0.717, 1.165) is 35.4 Å². The average Bonchev–Trinajstić information content (AvgIpc) is 3.36. The minimum atomic E-state index is -3.23. The fourth-order valence-corrected chi connectivity index (χ4v) is 4.27. The average molecular weight is 426 g/mol. The topological polar surface area (TPSA) is 80.9 Å². The Kier molecular flexibility index (Phi) is 5.44. The van der Waals surface area contributed by atoms with Crippen molar-refractivity contribution in [2.24, 2.45) is 0 Å². The second-order valence-corrected chi connectivity index (χ2v) is 9.23. The molecule has 0 amide bonds. The van der Waals surface area contributed by atoms with Crippen LogP contribution < -0.4 is 4.68 Å². The maximum Gasteiger partial charge on any atom is 0.239 e. The molecule has 30 heavy (non-hydrogen) atoms. The van der Waals surface area contributed by atoms with Crippen molar-refractivity contribution in [3.8, 4) is 16.9 Å². The van der Waals surface area contributed by atoms with Crippen molar-refractivity contribution in [1.29, 1.82) is 0 Å². The third-order valence-electron chi connectivity index (χ3n) is 5.20. The molecule has 8 heteroatoms. The number of fused-ring (bicyclic) bond motifs is 1. The summed E-state index contributed by atoms with van der Waals surface area (Å²) in [4.78, 5) is 0.292. The zero-order valence-electron chi connectivity index (χ0n) is 17.3. The third kappa shape index (κ3) is 3.76. The summed E-state index contributed by atoms with van der Waals surface area (Å²) in [6.07, 6.45) is 3.87. The number of ether oxygens (including phenoxy) is 1. The highest BCUT2D eigenvalue weighted by atomic mass is 32.2. The second kappa shape index (κ2) is 8.04. The first-order valence-corrected chi connectivity index (χ1v) is 11.7. The Morgan fingerprint density at radius 2 is 1.90 bits per heavy atom. The van der Waals surface area contributed by atoms with E-state index in [1.54, 1.807) is 37.6 Å². The normalized spacial score (nSPS) is 12.0. The van der Waals surface area contributed by atoms with E-state index in [0.29, 0.717) is 11.5 Å². The van der Waals surface area contributed by atoms with Crippen LogP contribution in [0.4, 0.5) is 0 Å². The van der Waals surface area contributed by atoms with Crippen LogP contribution in [0.25, 0.3) is 27.8 Å². The smallest absolute Gasteiger partial charge is 0.239 e. The van der Waals surface area contributed by atoms with Crippen molar-refractivity contribution < 1.29 is 17.8 Å². The lowest BCUT2D eigenvalue weighted by molar-refractivity contribution is -0.728. The molecule has 4 aromatic rings. The van der Waals surface area contributed by atoms with Gasteiger partial charge in [-0.2, -0.15) is 10.2 Å². The number of methoxy groups -OCH3 is 1. The van der Waals surface area contributed by atoms with Crippen molar-refractivity contribution in [1.82, 2.24) is 14.9 Å².